The number of ether oxygens (including phenoxy) is 1. The summed E-state index contributed by atoms with van der Waals surface area (Å²) in [5, 5.41) is 0. The number of methoxy groups -OCH3 is 1. The third kappa shape index (κ3) is 3.94. The molecule has 0 fully saturated rings. The third-order valence-electron chi connectivity index (χ3n) is 1.67. The first-order valence-electron chi connectivity index (χ1n) is 4.35. The van der Waals surface area contributed by atoms with Crippen LogP contribution in [0.25, 0.3) is 0 Å². The van der Waals surface area contributed by atoms with Crippen LogP contribution in [0.5, 0.6) is 0 Å². The summed E-state index contributed by atoms with van der Waals surface area (Å²) < 4.78 is 5.65. The maximum atomic E-state index is 5.82. The first-order valence-corrected chi connectivity index (χ1v) is 5.55. The van der Waals surface area contributed by atoms with Gasteiger partial charge in [0.05, 0.1) is 23.6 Å². The smallest absolute Gasteiger partial charge is 0.0931 e. The van der Waals surface area contributed by atoms with Crippen molar-refractivity contribution in [1.82, 2.24) is 5.48 Å². The standard InChI is InChI=1S/C9H14ClNO2S/c1-7(11-13-6-5-12-2)8-3-4-9(10)14-8/h3-4,7,11H,5-6H2,1-2H3. The van der Waals surface area contributed by atoms with E-state index in [1.165, 1.54) is 0 Å². The van der Waals surface area contributed by atoms with E-state index in [-0.39, 0.29) is 6.04 Å². The van der Waals surface area contributed by atoms with Crippen LogP contribution in [-0.2, 0) is 9.57 Å². The molecule has 0 saturated carbocycles. The van der Waals surface area contributed by atoms with Crippen molar-refractivity contribution < 1.29 is 9.57 Å². The molecule has 80 valence electrons. The second-order valence-corrected chi connectivity index (χ2v) is 4.57. The molecule has 0 aliphatic carbocycles. The van der Waals surface area contributed by atoms with Gasteiger partial charge in [-0.05, 0) is 19.1 Å². The number of hydrogen-bond acceptors (Lipinski definition) is 4. The molecule has 0 amide bonds. The second kappa shape index (κ2) is 6.37. The number of nitrogens with one attached hydrogen (secondary N) is 1. The van der Waals surface area contributed by atoms with Gasteiger partial charge in [0.1, 0.15) is 0 Å². The number of halogens is 1. The van der Waals surface area contributed by atoms with Crippen molar-refractivity contribution in [1.29, 1.82) is 0 Å². The zero-order valence-corrected chi connectivity index (χ0v) is 9.82. The molecule has 0 radical (unpaired) electrons. The number of hydrogen-bond donors (Lipinski definition) is 1. The second-order valence-electron chi connectivity index (χ2n) is 2.82. The van der Waals surface area contributed by atoms with Gasteiger partial charge in [-0.15, -0.1) is 11.3 Å². The molecule has 0 saturated heterocycles. The fourth-order valence-corrected chi connectivity index (χ4v) is 1.98. The largest absolute Gasteiger partial charge is 0.382 e. The lowest BCUT2D eigenvalue weighted by Gasteiger charge is -2.11. The van der Waals surface area contributed by atoms with Crippen molar-refractivity contribution >= 4 is 22.9 Å². The fourth-order valence-electron chi connectivity index (χ4n) is 0.928. The van der Waals surface area contributed by atoms with Gasteiger partial charge in [-0.2, -0.15) is 5.48 Å². The summed E-state index contributed by atoms with van der Waals surface area (Å²) in [6.07, 6.45) is 0. The molecule has 1 aromatic heterocycles. The van der Waals surface area contributed by atoms with E-state index in [0.717, 1.165) is 9.21 Å². The Morgan fingerprint density at radius 3 is 2.86 bits per heavy atom. The average Bonchev–Trinajstić information content (AvgIpc) is 2.59. The van der Waals surface area contributed by atoms with E-state index in [0.29, 0.717) is 13.2 Å². The Morgan fingerprint density at radius 1 is 1.50 bits per heavy atom. The van der Waals surface area contributed by atoms with Crippen LogP contribution in [0.4, 0.5) is 0 Å². The molecule has 14 heavy (non-hydrogen) atoms. The van der Waals surface area contributed by atoms with Crippen LogP contribution in [0.2, 0.25) is 4.34 Å². The van der Waals surface area contributed by atoms with Gasteiger partial charge in [0.2, 0.25) is 0 Å². The number of thiophene rings is 1. The van der Waals surface area contributed by atoms with Gasteiger partial charge in [0, 0.05) is 12.0 Å². The molecule has 1 atom stereocenters. The molecule has 0 aromatic carbocycles. The van der Waals surface area contributed by atoms with Crippen molar-refractivity contribution in [3.63, 3.8) is 0 Å². The van der Waals surface area contributed by atoms with Gasteiger partial charge in [0.25, 0.3) is 0 Å². The van der Waals surface area contributed by atoms with Crippen LogP contribution in [0.1, 0.15) is 17.8 Å². The maximum Gasteiger partial charge on any atom is 0.0931 e. The Balaban J connectivity index is 2.25. The van der Waals surface area contributed by atoms with Crippen LogP contribution in [0.15, 0.2) is 12.1 Å². The molecule has 0 aliphatic rings. The summed E-state index contributed by atoms with van der Waals surface area (Å²) in [6, 6.07) is 4.03. The highest BCUT2D eigenvalue weighted by Crippen LogP contribution is 2.26. The summed E-state index contributed by atoms with van der Waals surface area (Å²) in [5.74, 6) is 0. The normalized spacial score (nSPS) is 13.1. The van der Waals surface area contributed by atoms with E-state index in [1.807, 2.05) is 19.1 Å². The molecule has 5 heteroatoms. The van der Waals surface area contributed by atoms with Gasteiger partial charge in [-0.3, -0.25) is 4.84 Å². The van der Waals surface area contributed by atoms with E-state index in [2.05, 4.69) is 5.48 Å². The lowest BCUT2D eigenvalue weighted by Crippen LogP contribution is -2.20. The van der Waals surface area contributed by atoms with Crippen LogP contribution in [0, 0.1) is 0 Å². The molecule has 1 heterocycles. The lowest BCUT2D eigenvalue weighted by molar-refractivity contribution is -0.00868. The van der Waals surface area contributed by atoms with Crippen molar-refractivity contribution in [3.8, 4) is 0 Å². The molecular formula is C9H14ClNO2S. The van der Waals surface area contributed by atoms with Gasteiger partial charge in [-0.25, -0.2) is 0 Å². The molecule has 1 N–H and O–H groups in total. The Kier molecular flexibility index (Phi) is 5.44. The molecule has 1 unspecified atom stereocenters. The highest BCUT2D eigenvalue weighted by molar-refractivity contribution is 7.16. The summed E-state index contributed by atoms with van der Waals surface area (Å²) in [4.78, 5) is 6.35. The summed E-state index contributed by atoms with van der Waals surface area (Å²) >= 11 is 7.37. The molecule has 3 nitrogen and oxygen atoms in total. The average molecular weight is 236 g/mol. The Hall–Kier alpha value is -0.130. The van der Waals surface area contributed by atoms with Gasteiger partial charge >= 0.3 is 0 Å². The van der Waals surface area contributed by atoms with E-state index < -0.39 is 0 Å². The monoisotopic (exact) mass is 235 g/mol. The minimum atomic E-state index is 0.157. The Bertz CT molecular complexity index is 267. The predicted molar refractivity (Wildman–Crippen MR) is 58.7 cm³/mol. The molecule has 0 spiro atoms. The summed E-state index contributed by atoms with van der Waals surface area (Å²) in [5.41, 5.74) is 2.92. The van der Waals surface area contributed by atoms with Crippen molar-refractivity contribution in [2.45, 2.75) is 13.0 Å². The number of rotatable bonds is 6. The van der Waals surface area contributed by atoms with Crippen molar-refractivity contribution in [2.24, 2.45) is 0 Å². The fraction of sp³-hybridized carbons (Fsp3) is 0.556. The highest BCUT2D eigenvalue weighted by Gasteiger charge is 2.07. The van der Waals surface area contributed by atoms with Crippen molar-refractivity contribution in [3.05, 3.63) is 21.3 Å². The predicted octanol–water partition coefficient (Wildman–Crippen LogP) is 2.63. The van der Waals surface area contributed by atoms with E-state index >= 15 is 0 Å². The van der Waals surface area contributed by atoms with Crippen LogP contribution < -0.4 is 5.48 Å². The summed E-state index contributed by atoms with van der Waals surface area (Å²) in [6.45, 7) is 3.15. The quantitative estimate of drug-likeness (QED) is 0.608. The Labute approximate surface area is 92.9 Å². The summed E-state index contributed by atoms with van der Waals surface area (Å²) in [7, 11) is 1.64. The minimum Gasteiger partial charge on any atom is -0.382 e. The van der Waals surface area contributed by atoms with Crippen LogP contribution in [-0.4, -0.2) is 20.3 Å². The molecule has 0 bridgehead atoms. The Morgan fingerprint density at radius 2 is 2.29 bits per heavy atom. The van der Waals surface area contributed by atoms with Gasteiger partial charge < -0.3 is 4.74 Å². The first-order chi connectivity index (χ1) is 6.74. The van der Waals surface area contributed by atoms with Gasteiger partial charge in [0.15, 0.2) is 0 Å². The molecule has 1 rings (SSSR count). The molecular weight excluding hydrogens is 222 g/mol. The zero-order valence-electron chi connectivity index (χ0n) is 8.25. The van der Waals surface area contributed by atoms with Crippen LogP contribution in [0.3, 0.4) is 0 Å². The van der Waals surface area contributed by atoms with E-state index in [4.69, 9.17) is 21.2 Å². The topological polar surface area (TPSA) is 30.5 Å². The zero-order chi connectivity index (χ0) is 10.4. The molecule has 1 aromatic rings. The minimum absolute atomic E-state index is 0.157. The SMILES string of the molecule is COCCONC(C)c1ccc(Cl)s1. The maximum absolute atomic E-state index is 5.82. The van der Waals surface area contributed by atoms with Crippen molar-refractivity contribution in [2.75, 3.05) is 20.3 Å². The highest BCUT2D eigenvalue weighted by atomic mass is 35.5. The third-order valence-corrected chi connectivity index (χ3v) is 3.08. The van der Waals surface area contributed by atoms with E-state index in [9.17, 15) is 0 Å². The number of hydroxylamine groups is 1. The molecule has 0 aliphatic heterocycles. The van der Waals surface area contributed by atoms with E-state index in [1.54, 1.807) is 18.4 Å². The van der Waals surface area contributed by atoms with Gasteiger partial charge in [-0.1, -0.05) is 11.6 Å². The lowest BCUT2D eigenvalue weighted by atomic mass is 10.3. The first kappa shape index (κ1) is 11.9. The van der Waals surface area contributed by atoms with Crippen LogP contribution >= 0.6 is 22.9 Å².